The molecule has 1 aromatic heterocycles. The number of halogens is 3. The Kier molecular flexibility index (Phi) is 3.93. The van der Waals surface area contributed by atoms with Crippen LogP contribution in [0.25, 0.3) is 5.70 Å². The quantitative estimate of drug-likeness (QED) is 0.483. The number of alkyl halides is 3. The number of carbonyl (C=O) groups is 1. The first-order valence-corrected chi connectivity index (χ1v) is 10.3. The van der Waals surface area contributed by atoms with Crippen LogP contribution < -0.4 is 5.32 Å². The second-order valence-corrected chi connectivity index (χ2v) is 8.64. The fourth-order valence-corrected chi connectivity index (χ4v) is 5.75. The predicted molar refractivity (Wildman–Crippen MR) is 106 cm³/mol. The van der Waals surface area contributed by atoms with Gasteiger partial charge in [-0.15, -0.1) is 23.1 Å². The van der Waals surface area contributed by atoms with Gasteiger partial charge in [-0.25, -0.2) is 0 Å². The van der Waals surface area contributed by atoms with Gasteiger partial charge in [-0.2, -0.15) is 13.2 Å². The monoisotopic (exact) mass is 415 g/mol. The lowest BCUT2D eigenvalue weighted by atomic mass is 10.1. The molecule has 2 aliphatic rings. The lowest BCUT2D eigenvalue weighted by Crippen LogP contribution is -2.06. The van der Waals surface area contributed by atoms with E-state index in [0.717, 1.165) is 22.6 Å². The molecule has 0 saturated carbocycles. The number of ketones is 1. The second kappa shape index (κ2) is 6.25. The van der Waals surface area contributed by atoms with E-state index < -0.39 is 11.7 Å². The molecule has 0 spiro atoms. The van der Waals surface area contributed by atoms with Crippen molar-refractivity contribution in [2.75, 3.05) is 5.32 Å². The highest BCUT2D eigenvalue weighted by Gasteiger charge is 2.39. The Labute approximate surface area is 167 Å². The molecule has 28 heavy (non-hydrogen) atoms. The van der Waals surface area contributed by atoms with E-state index in [9.17, 15) is 18.0 Å². The van der Waals surface area contributed by atoms with Crippen molar-refractivity contribution >= 4 is 40.3 Å². The number of benzene rings is 2. The van der Waals surface area contributed by atoms with E-state index in [1.54, 1.807) is 12.1 Å². The Morgan fingerprint density at radius 3 is 2.46 bits per heavy atom. The molecule has 2 nitrogen and oxygen atoms in total. The minimum absolute atomic E-state index is 0.0761. The van der Waals surface area contributed by atoms with Gasteiger partial charge in [0.25, 0.3) is 0 Å². The number of carbonyl (C=O) groups excluding carboxylic acids is 1. The van der Waals surface area contributed by atoms with Gasteiger partial charge in [0.1, 0.15) is 0 Å². The lowest BCUT2D eigenvalue weighted by Gasteiger charge is -2.16. The van der Waals surface area contributed by atoms with Gasteiger partial charge >= 0.3 is 6.18 Å². The molecular formula is C21H12F3NOS2. The van der Waals surface area contributed by atoms with E-state index in [4.69, 9.17) is 0 Å². The summed E-state index contributed by atoms with van der Waals surface area (Å²) in [6.07, 6.45) is -4.43. The van der Waals surface area contributed by atoms with Gasteiger partial charge in [0.05, 0.1) is 22.2 Å². The summed E-state index contributed by atoms with van der Waals surface area (Å²) >= 11 is 2.94. The summed E-state index contributed by atoms with van der Waals surface area (Å²) in [5.74, 6) is -0.0761. The van der Waals surface area contributed by atoms with Crippen LogP contribution in [0.2, 0.25) is 0 Å². The van der Waals surface area contributed by atoms with Crippen LogP contribution in [-0.4, -0.2) is 5.78 Å². The summed E-state index contributed by atoms with van der Waals surface area (Å²) in [6.45, 7) is 0. The minimum Gasteiger partial charge on any atom is -0.354 e. The van der Waals surface area contributed by atoms with Gasteiger partial charge in [-0.05, 0) is 29.6 Å². The van der Waals surface area contributed by atoms with Crippen LogP contribution in [0.4, 0.5) is 18.9 Å². The predicted octanol–water partition coefficient (Wildman–Crippen LogP) is 6.63. The van der Waals surface area contributed by atoms with E-state index in [-0.39, 0.29) is 11.0 Å². The van der Waals surface area contributed by atoms with Crippen LogP contribution in [0.5, 0.6) is 0 Å². The van der Waals surface area contributed by atoms with E-state index in [1.807, 2.05) is 29.6 Å². The molecule has 0 amide bonds. The summed E-state index contributed by atoms with van der Waals surface area (Å²) < 4.78 is 39.7. The number of thioether (sulfide) groups is 1. The number of rotatable bonds is 1. The third-order valence-electron chi connectivity index (χ3n) is 4.83. The summed E-state index contributed by atoms with van der Waals surface area (Å²) in [5, 5.41) is 4.82. The van der Waals surface area contributed by atoms with Crippen molar-refractivity contribution in [1.82, 2.24) is 0 Å². The van der Waals surface area contributed by atoms with Crippen LogP contribution in [0, 0.1) is 0 Å². The zero-order chi connectivity index (χ0) is 19.5. The Bertz CT molecular complexity index is 1130. The van der Waals surface area contributed by atoms with E-state index >= 15 is 0 Å². The third kappa shape index (κ3) is 2.69. The number of hydrogen-bond donors (Lipinski definition) is 1. The van der Waals surface area contributed by atoms with Gasteiger partial charge < -0.3 is 5.32 Å². The smallest absolute Gasteiger partial charge is 0.354 e. The molecule has 7 heteroatoms. The number of fused-ring (bicyclic) bond motifs is 3. The molecule has 140 valence electrons. The molecule has 1 aliphatic carbocycles. The van der Waals surface area contributed by atoms with Crippen molar-refractivity contribution in [1.29, 1.82) is 0 Å². The molecule has 2 heterocycles. The fraction of sp³-hybridized carbons (Fsp3) is 0.0952. The summed E-state index contributed by atoms with van der Waals surface area (Å²) in [4.78, 5) is 14.9. The maximum absolute atomic E-state index is 13.2. The van der Waals surface area contributed by atoms with Crippen LogP contribution in [0.1, 0.15) is 31.6 Å². The zero-order valence-electron chi connectivity index (χ0n) is 14.2. The highest BCUT2D eigenvalue weighted by atomic mass is 32.2. The second-order valence-electron chi connectivity index (χ2n) is 6.51. The van der Waals surface area contributed by atoms with Gasteiger partial charge in [0.15, 0.2) is 5.78 Å². The molecule has 1 atom stereocenters. The number of hydrogen-bond acceptors (Lipinski definition) is 4. The number of nitrogens with one attached hydrogen (secondary N) is 1. The van der Waals surface area contributed by atoms with Gasteiger partial charge in [-0.3, -0.25) is 4.79 Å². The van der Waals surface area contributed by atoms with Crippen LogP contribution >= 0.6 is 23.1 Å². The lowest BCUT2D eigenvalue weighted by molar-refractivity contribution is -0.137. The average Bonchev–Trinajstić information content (AvgIpc) is 3.24. The first kappa shape index (κ1) is 17.6. The Morgan fingerprint density at radius 1 is 0.964 bits per heavy atom. The summed E-state index contributed by atoms with van der Waals surface area (Å²) in [7, 11) is 0. The Morgan fingerprint density at radius 2 is 1.75 bits per heavy atom. The standard InChI is InChI=1S/C21H12F3NOS2/c22-21(23,24)11-7-8-15-14(10-11)25-18-12-4-1-2-5-13(12)19(26)17(18)20(28-15)16-6-3-9-27-16/h1-10,20,25H. The highest BCUT2D eigenvalue weighted by molar-refractivity contribution is 8.00. The highest BCUT2D eigenvalue weighted by Crippen LogP contribution is 2.53. The van der Waals surface area contributed by atoms with Crippen LogP contribution in [0.3, 0.4) is 0 Å². The molecule has 0 radical (unpaired) electrons. The minimum atomic E-state index is -4.43. The fourth-order valence-electron chi connectivity index (χ4n) is 3.56. The van der Waals surface area contributed by atoms with E-state index in [0.29, 0.717) is 27.4 Å². The van der Waals surface area contributed by atoms with Gasteiger partial charge in [-0.1, -0.05) is 30.3 Å². The Balaban J connectivity index is 1.72. The average molecular weight is 415 g/mol. The molecule has 0 fully saturated rings. The zero-order valence-corrected chi connectivity index (χ0v) is 15.8. The summed E-state index contributed by atoms with van der Waals surface area (Å²) in [6, 6.07) is 14.8. The van der Waals surface area contributed by atoms with Crippen molar-refractivity contribution in [3.05, 3.63) is 87.1 Å². The van der Waals surface area contributed by atoms with Crippen LogP contribution in [0.15, 0.2) is 70.4 Å². The van der Waals surface area contributed by atoms with Gasteiger partial charge in [0, 0.05) is 26.5 Å². The molecule has 1 unspecified atom stereocenters. The SMILES string of the molecule is O=C1C2=C(Nc3cc(C(F)(F)F)ccc3SC2c2cccs2)c2ccccc21. The number of Topliss-reactive ketones (excluding diaryl/α,β-unsaturated/α-hetero) is 1. The first-order chi connectivity index (χ1) is 13.4. The topological polar surface area (TPSA) is 29.1 Å². The van der Waals surface area contributed by atoms with Crippen LogP contribution in [-0.2, 0) is 6.18 Å². The molecular weight excluding hydrogens is 403 g/mol. The van der Waals surface area contributed by atoms with Crippen molar-refractivity contribution < 1.29 is 18.0 Å². The largest absolute Gasteiger partial charge is 0.416 e. The molecule has 3 aromatic rings. The van der Waals surface area contributed by atoms with Crippen molar-refractivity contribution in [2.24, 2.45) is 0 Å². The van der Waals surface area contributed by atoms with Crippen molar-refractivity contribution in [3.8, 4) is 0 Å². The maximum atomic E-state index is 13.2. The first-order valence-electron chi connectivity index (χ1n) is 8.50. The number of anilines is 1. The molecule has 5 rings (SSSR count). The van der Waals surface area contributed by atoms with Gasteiger partial charge in [0.2, 0.25) is 0 Å². The molecule has 1 aliphatic heterocycles. The normalized spacial score (nSPS) is 18.2. The van der Waals surface area contributed by atoms with E-state index in [1.165, 1.54) is 29.2 Å². The van der Waals surface area contributed by atoms with Crippen molar-refractivity contribution in [3.63, 3.8) is 0 Å². The third-order valence-corrected chi connectivity index (χ3v) is 7.25. The molecule has 1 N–H and O–H groups in total. The molecule has 0 bridgehead atoms. The number of thiophene rings is 1. The maximum Gasteiger partial charge on any atom is 0.416 e. The molecule has 2 aromatic carbocycles. The summed E-state index contributed by atoms with van der Waals surface area (Å²) in [5.41, 5.74) is 2.17. The Hall–Kier alpha value is -2.51. The molecule has 0 saturated heterocycles. The van der Waals surface area contributed by atoms with E-state index in [2.05, 4.69) is 5.32 Å². The van der Waals surface area contributed by atoms with Crippen molar-refractivity contribution in [2.45, 2.75) is 16.3 Å².